The number of hydrogen-bond acceptors (Lipinski definition) is 9. The van der Waals surface area contributed by atoms with Crippen molar-refractivity contribution in [2.24, 2.45) is 0 Å². The van der Waals surface area contributed by atoms with Gasteiger partial charge in [-0.15, -0.1) is 0 Å². The third-order valence-corrected chi connectivity index (χ3v) is 9.56. The Labute approximate surface area is 240 Å². The molecule has 2 heterocycles. The van der Waals surface area contributed by atoms with Crippen LogP contribution in [-0.2, 0) is 27.6 Å². The molecule has 0 radical (unpaired) electrons. The van der Waals surface area contributed by atoms with Crippen LogP contribution in [0.3, 0.4) is 0 Å². The second-order valence-electron chi connectivity index (χ2n) is 10.1. The Hall–Kier alpha value is -2.96. The molecule has 214 valence electrons. The Kier molecular flexibility index (Phi) is 8.77. The fourth-order valence-corrected chi connectivity index (χ4v) is 6.43. The van der Waals surface area contributed by atoms with Crippen molar-refractivity contribution in [3.05, 3.63) is 58.7 Å². The van der Waals surface area contributed by atoms with Gasteiger partial charge in [0.25, 0.3) is 0 Å². The molecule has 2 aromatic carbocycles. The first-order valence-corrected chi connectivity index (χ1v) is 15.2. The number of anilines is 4. The maximum atomic E-state index is 12.8. The minimum atomic E-state index is -3.69. The number of methoxy groups -OCH3 is 1. The third-order valence-electron chi connectivity index (χ3n) is 7.41. The second-order valence-corrected chi connectivity index (χ2v) is 12.7. The molecule has 2 aliphatic rings. The van der Waals surface area contributed by atoms with Crippen molar-refractivity contribution in [3.8, 4) is 5.75 Å². The minimum absolute atomic E-state index is 0.118. The van der Waals surface area contributed by atoms with Crippen LogP contribution in [-0.4, -0.2) is 81.1 Å². The number of nitrogens with one attached hydrogen (secondary N) is 2. The molecule has 1 unspecified atom stereocenters. The number of fused-ring (bicyclic) bond motifs is 1. The van der Waals surface area contributed by atoms with E-state index in [0.717, 1.165) is 62.0 Å². The van der Waals surface area contributed by atoms with Crippen LogP contribution in [0.2, 0.25) is 5.02 Å². The van der Waals surface area contributed by atoms with E-state index in [1.54, 1.807) is 25.3 Å². The number of sulfonamides is 1. The summed E-state index contributed by atoms with van der Waals surface area (Å²) in [7, 11) is 0.943. The van der Waals surface area contributed by atoms with E-state index < -0.39 is 10.0 Å². The van der Waals surface area contributed by atoms with Crippen LogP contribution in [0.5, 0.6) is 5.75 Å². The number of ether oxygens (including phenoxy) is 2. The Balaban J connectivity index is 1.40. The Morgan fingerprint density at radius 2 is 1.88 bits per heavy atom. The van der Waals surface area contributed by atoms with E-state index in [1.807, 2.05) is 0 Å². The van der Waals surface area contributed by atoms with Crippen LogP contribution in [0.15, 0.2) is 47.5 Å². The second kappa shape index (κ2) is 12.3. The Morgan fingerprint density at radius 1 is 1.10 bits per heavy atom. The summed E-state index contributed by atoms with van der Waals surface area (Å²) in [6, 6.07) is 11.4. The van der Waals surface area contributed by atoms with Gasteiger partial charge in [-0.05, 0) is 61.1 Å². The molecule has 0 spiro atoms. The van der Waals surface area contributed by atoms with Crippen molar-refractivity contribution in [2.45, 2.75) is 36.6 Å². The van der Waals surface area contributed by atoms with Crippen molar-refractivity contribution in [1.29, 1.82) is 0 Å². The summed E-state index contributed by atoms with van der Waals surface area (Å²) in [4.78, 5) is 11.6. The SMILES string of the molecule is COc1cc2c(cc1Nc1ncc(Cl)c(Nc3ccccc3S(=O)(=O)N(C)C)n1)CCCC(N1CCOCC1)C2. The summed E-state index contributed by atoms with van der Waals surface area (Å²) in [5.41, 5.74) is 3.71. The molecule has 0 saturated carbocycles. The highest BCUT2D eigenvalue weighted by atomic mass is 35.5. The number of aryl methyl sites for hydroxylation is 1. The lowest BCUT2D eigenvalue weighted by Gasteiger charge is -2.34. The van der Waals surface area contributed by atoms with E-state index in [2.05, 4.69) is 37.6 Å². The highest BCUT2D eigenvalue weighted by molar-refractivity contribution is 7.89. The molecule has 1 aliphatic carbocycles. The van der Waals surface area contributed by atoms with Gasteiger partial charge in [-0.1, -0.05) is 23.7 Å². The number of halogens is 1. The molecule has 2 N–H and O–H groups in total. The van der Waals surface area contributed by atoms with Crippen molar-refractivity contribution in [2.75, 3.05) is 58.1 Å². The molecule has 1 fully saturated rings. The molecule has 0 bridgehead atoms. The lowest BCUT2D eigenvalue weighted by atomic mass is 9.99. The van der Waals surface area contributed by atoms with Crippen molar-refractivity contribution >= 4 is 44.8 Å². The summed E-state index contributed by atoms with van der Waals surface area (Å²) < 4.78 is 38.2. The maximum absolute atomic E-state index is 12.8. The van der Waals surface area contributed by atoms with E-state index in [9.17, 15) is 8.42 Å². The summed E-state index contributed by atoms with van der Waals surface area (Å²) in [5, 5.41) is 6.62. The van der Waals surface area contributed by atoms with Gasteiger partial charge in [-0.2, -0.15) is 4.98 Å². The molecule has 12 heteroatoms. The fraction of sp³-hybridized carbons (Fsp3) is 0.429. The van der Waals surface area contributed by atoms with Gasteiger partial charge in [0.2, 0.25) is 16.0 Å². The molecule has 40 heavy (non-hydrogen) atoms. The predicted molar refractivity (Wildman–Crippen MR) is 157 cm³/mol. The average molecular weight is 587 g/mol. The van der Waals surface area contributed by atoms with Crippen LogP contribution in [0.4, 0.5) is 23.1 Å². The maximum Gasteiger partial charge on any atom is 0.244 e. The molecule has 1 saturated heterocycles. The first-order chi connectivity index (χ1) is 19.3. The summed E-state index contributed by atoms with van der Waals surface area (Å²) in [6.07, 6.45) is 5.71. The average Bonchev–Trinajstić information content (AvgIpc) is 3.17. The highest BCUT2D eigenvalue weighted by Crippen LogP contribution is 2.35. The first kappa shape index (κ1) is 28.6. The normalized spacial score (nSPS) is 18.2. The topological polar surface area (TPSA) is 109 Å². The van der Waals surface area contributed by atoms with Crippen LogP contribution in [0, 0.1) is 0 Å². The third kappa shape index (κ3) is 6.18. The summed E-state index contributed by atoms with van der Waals surface area (Å²) >= 11 is 6.42. The first-order valence-electron chi connectivity index (χ1n) is 13.4. The highest BCUT2D eigenvalue weighted by Gasteiger charge is 2.26. The molecule has 5 rings (SSSR count). The summed E-state index contributed by atoms with van der Waals surface area (Å²) in [5.74, 6) is 1.29. The number of aromatic nitrogens is 2. The van der Waals surface area contributed by atoms with Crippen molar-refractivity contribution in [3.63, 3.8) is 0 Å². The molecule has 1 aliphatic heterocycles. The zero-order chi connectivity index (χ0) is 28.3. The van der Waals surface area contributed by atoms with Gasteiger partial charge in [-0.25, -0.2) is 17.7 Å². The number of rotatable bonds is 8. The molecular weight excluding hydrogens is 552 g/mol. The molecule has 3 aromatic rings. The predicted octanol–water partition coefficient (Wildman–Crippen LogP) is 4.46. The van der Waals surface area contributed by atoms with Gasteiger partial charge in [0.15, 0.2) is 5.82 Å². The summed E-state index contributed by atoms with van der Waals surface area (Å²) in [6.45, 7) is 3.55. The van der Waals surface area contributed by atoms with E-state index in [1.165, 1.54) is 37.5 Å². The fourth-order valence-electron chi connectivity index (χ4n) is 5.25. The molecular formula is C28H35ClN6O4S. The number of benzene rings is 2. The zero-order valence-corrected chi connectivity index (χ0v) is 24.6. The molecule has 1 atom stereocenters. The molecule has 0 amide bonds. The van der Waals surface area contributed by atoms with Gasteiger partial charge >= 0.3 is 0 Å². The Morgan fingerprint density at radius 3 is 2.62 bits per heavy atom. The molecule has 10 nitrogen and oxygen atoms in total. The number of morpholine rings is 1. The zero-order valence-electron chi connectivity index (χ0n) is 23.0. The van der Waals surface area contributed by atoms with Crippen LogP contribution in [0.1, 0.15) is 24.0 Å². The van der Waals surface area contributed by atoms with Gasteiger partial charge < -0.3 is 20.1 Å². The van der Waals surface area contributed by atoms with E-state index in [0.29, 0.717) is 23.4 Å². The monoisotopic (exact) mass is 586 g/mol. The van der Waals surface area contributed by atoms with Crippen molar-refractivity contribution in [1.82, 2.24) is 19.2 Å². The Bertz CT molecular complexity index is 1460. The lowest BCUT2D eigenvalue weighted by Crippen LogP contribution is -2.44. The van der Waals surface area contributed by atoms with Gasteiger partial charge in [-0.3, -0.25) is 4.90 Å². The van der Waals surface area contributed by atoms with Crippen LogP contribution < -0.4 is 15.4 Å². The quantitative estimate of drug-likeness (QED) is 0.370. The van der Waals surface area contributed by atoms with Crippen LogP contribution >= 0.6 is 11.6 Å². The molecule has 1 aromatic heterocycles. The van der Waals surface area contributed by atoms with Gasteiger partial charge in [0, 0.05) is 33.2 Å². The minimum Gasteiger partial charge on any atom is -0.495 e. The lowest BCUT2D eigenvalue weighted by molar-refractivity contribution is 0.0149. The smallest absolute Gasteiger partial charge is 0.244 e. The number of para-hydroxylation sites is 1. The van der Waals surface area contributed by atoms with E-state index >= 15 is 0 Å². The van der Waals surface area contributed by atoms with E-state index in [-0.39, 0.29) is 15.7 Å². The van der Waals surface area contributed by atoms with Gasteiger partial charge in [0.1, 0.15) is 15.7 Å². The van der Waals surface area contributed by atoms with E-state index in [4.69, 9.17) is 21.1 Å². The number of hydrogen-bond donors (Lipinski definition) is 2. The number of nitrogens with zero attached hydrogens (tertiary/aromatic N) is 4. The largest absolute Gasteiger partial charge is 0.495 e. The van der Waals surface area contributed by atoms with Crippen molar-refractivity contribution < 1.29 is 17.9 Å². The standard InChI is InChI=1S/C28H35ClN6O4S/c1-34(2)40(36,37)26-10-5-4-9-23(26)31-27-22(29)18-30-28(33-27)32-24-16-19-7-6-8-21(35-11-13-39-14-12-35)15-20(19)17-25(24)38-3/h4-5,9-10,16-18,21H,6-8,11-15H2,1-3H3,(H2,30,31,32,33). The van der Waals surface area contributed by atoms with Crippen LogP contribution in [0.25, 0.3) is 0 Å². The van der Waals surface area contributed by atoms with Gasteiger partial charge in [0.05, 0.1) is 37.9 Å².